The molecule has 5 nitrogen and oxygen atoms in total. The molecule has 0 bridgehead atoms. The Hall–Kier alpha value is -1.62. The van der Waals surface area contributed by atoms with Crippen LogP contribution < -0.4 is 10.5 Å². The number of nitrogens with zero attached hydrogens (tertiary/aromatic N) is 1. The van der Waals surface area contributed by atoms with Gasteiger partial charge in [-0.15, -0.1) is 0 Å². The van der Waals surface area contributed by atoms with E-state index in [0.29, 0.717) is 24.7 Å². The van der Waals surface area contributed by atoms with Crippen LogP contribution >= 0.6 is 0 Å². The number of nitrogen functional groups attached to an aromatic ring is 1. The minimum Gasteiger partial charge on any atom is -0.490 e. The molecular weight excluding hydrogens is 206 g/mol. The maximum Gasteiger partial charge on any atom is 0.141 e. The summed E-state index contributed by atoms with van der Waals surface area (Å²) >= 11 is 0. The molecule has 0 aliphatic heterocycles. The SMILES string of the molecule is CCCOCCOc1ccc(C(=N)N)nc1. The quantitative estimate of drug-likeness (QED) is 0.413. The Morgan fingerprint density at radius 1 is 1.38 bits per heavy atom. The van der Waals surface area contributed by atoms with E-state index >= 15 is 0 Å². The number of nitrogens with two attached hydrogens (primary N) is 1. The third-order valence-electron chi connectivity index (χ3n) is 1.86. The second-order valence-electron chi connectivity index (χ2n) is 3.25. The number of amidine groups is 1. The second kappa shape index (κ2) is 6.79. The van der Waals surface area contributed by atoms with Gasteiger partial charge in [0.05, 0.1) is 12.8 Å². The van der Waals surface area contributed by atoms with E-state index in [4.69, 9.17) is 20.6 Å². The molecule has 16 heavy (non-hydrogen) atoms. The molecule has 1 heterocycles. The Labute approximate surface area is 95.1 Å². The molecule has 0 saturated carbocycles. The normalized spacial score (nSPS) is 10.1. The monoisotopic (exact) mass is 223 g/mol. The number of hydrogen-bond donors (Lipinski definition) is 2. The van der Waals surface area contributed by atoms with Crippen LogP contribution in [0.5, 0.6) is 5.75 Å². The first-order chi connectivity index (χ1) is 7.74. The lowest BCUT2D eigenvalue weighted by molar-refractivity contribution is 0.100. The highest BCUT2D eigenvalue weighted by Crippen LogP contribution is 2.08. The minimum absolute atomic E-state index is 0.0437. The lowest BCUT2D eigenvalue weighted by Gasteiger charge is -2.06. The molecule has 0 saturated heterocycles. The van der Waals surface area contributed by atoms with E-state index in [9.17, 15) is 0 Å². The van der Waals surface area contributed by atoms with Crippen molar-refractivity contribution < 1.29 is 9.47 Å². The zero-order chi connectivity index (χ0) is 11.8. The van der Waals surface area contributed by atoms with Crippen LogP contribution in [-0.2, 0) is 4.74 Å². The molecule has 1 aromatic heterocycles. The van der Waals surface area contributed by atoms with Crippen LogP contribution in [0.25, 0.3) is 0 Å². The van der Waals surface area contributed by atoms with Gasteiger partial charge in [-0.1, -0.05) is 6.92 Å². The summed E-state index contributed by atoms with van der Waals surface area (Å²) < 4.78 is 10.7. The van der Waals surface area contributed by atoms with Gasteiger partial charge < -0.3 is 15.2 Å². The van der Waals surface area contributed by atoms with Crippen LogP contribution in [0.3, 0.4) is 0 Å². The van der Waals surface area contributed by atoms with Crippen molar-refractivity contribution >= 4 is 5.84 Å². The molecule has 0 atom stereocenters. The summed E-state index contributed by atoms with van der Waals surface area (Å²) in [5.74, 6) is 0.614. The Kier molecular flexibility index (Phi) is 5.28. The molecule has 0 radical (unpaired) electrons. The molecule has 0 aliphatic rings. The molecule has 0 aromatic carbocycles. The fraction of sp³-hybridized carbons (Fsp3) is 0.455. The van der Waals surface area contributed by atoms with Crippen LogP contribution in [0, 0.1) is 5.41 Å². The Balaban J connectivity index is 2.29. The van der Waals surface area contributed by atoms with Gasteiger partial charge in [0.1, 0.15) is 23.9 Å². The average molecular weight is 223 g/mol. The van der Waals surface area contributed by atoms with Crippen LogP contribution in [0.4, 0.5) is 0 Å². The molecule has 1 rings (SSSR count). The van der Waals surface area contributed by atoms with E-state index < -0.39 is 0 Å². The second-order valence-corrected chi connectivity index (χ2v) is 3.25. The van der Waals surface area contributed by atoms with Gasteiger partial charge in [0, 0.05) is 6.61 Å². The molecule has 88 valence electrons. The molecule has 1 aromatic rings. The van der Waals surface area contributed by atoms with Gasteiger partial charge in [-0.05, 0) is 18.6 Å². The molecule has 0 amide bonds. The summed E-state index contributed by atoms with van der Waals surface area (Å²) in [6.45, 7) is 3.89. The number of pyridine rings is 1. The topological polar surface area (TPSA) is 81.2 Å². The predicted molar refractivity (Wildman–Crippen MR) is 61.9 cm³/mol. The van der Waals surface area contributed by atoms with Gasteiger partial charge in [-0.25, -0.2) is 4.98 Å². The lowest BCUT2D eigenvalue weighted by Crippen LogP contribution is -2.13. The van der Waals surface area contributed by atoms with E-state index in [1.165, 1.54) is 0 Å². The van der Waals surface area contributed by atoms with Crippen molar-refractivity contribution in [1.82, 2.24) is 4.98 Å². The van der Waals surface area contributed by atoms with Crippen LogP contribution in [0.15, 0.2) is 18.3 Å². The molecule has 5 heteroatoms. The Morgan fingerprint density at radius 2 is 2.19 bits per heavy atom. The van der Waals surface area contributed by atoms with E-state index in [0.717, 1.165) is 13.0 Å². The maximum atomic E-state index is 7.17. The number of ether oxygens (including phenoxy) is 2. The van der Waals surface area contributed by atoms with Crippen molar-refractivity contribution in [3.8, 4) is 5.75 Å². The van der Waals surface area contributed by atoms with Crippen molar-refractivity contribution in [1.29, 1.82) is 5.41 Å². The van der Waals surface area contributed by atoms with Crippen molar-refractivity contribution in [3.05, 3.63) is 24.0 Å². The summed E-state index contributed by atoms with van der Waals surface area (Å²) in [7, 11) is 0. The number of nitrogens with one attached hydrogen (secondary N) is 1. The fourth-order valence-corrected chi connectivity index (χ4v) is 1.09. The first-order valence-corrected chi connectivity index (χ1v) is 5.25. The highest BCUT2D eigenvalue weighted by atomic mass is 16.5. The molecule has 0 aliphatic carbocycles. The summed E-state index contributed by atoms with van der Waals surface area (Å²) in [5, 5.41) is 7.17. The van der Waals surface area contributed by atoms with Gasteiger partial charge in [0.15, 0.2) is 0 Å². The first kappa shape index (κ1) is 12.4. The van der Waals surface area contributed by atoms with Gasteiger partial charge >= 0.3 is 0 Å². The maximum absolute atomic E-state index is 7.17. The van der Waals surface area contributed by atoms with Crippen LogP contribution in [0.2, 0.25) is 0 Å². The fourth-order valence-electron chi connectivity index (χ4n) is 1.09. The van der Waals surface area contributed by atoms with Crippen molar-refractivity contribution in [2.24, 2.45) is 5.73 Å². The smallest absolute Gasteiger partial charge is 0.141 e. The average Bonchev–Trinajstić information content (AvgIpc) is 2.29. The largest absolute Gasteiger partial charge is 0.490 e. The third kappa shape index (κ3) is 4.27. The molecular formula is C11H17N3O2. The third-order valence-corrected chi connectivity index (χ3v) is 1.86. The van der Waals surface area contributed by atoms with E-state index in [1.807, 2.05) is 0 Å². The van der Waals surface area contributed by atoms with Crippen LogP contribution in [0.1, 0.15) is 19.0 Å². The number of hydrogen-bond acceptors (Lipinski definition) is 4. The van der Waals surface area contributed by atoms with Gasteiger partial charge in [-0.2, -0.15) is 0 Å². The molecule has 0 unspecified atom stereocenters. The Morgan fingerprint density at radius 3 is 2.75 bits per heavy atom. The van der Waals surface area contributed by atoms with Crippen molar-refractivity contribution in [3.63, 3.8) is 0 Å². The summed E-state index contributed by atoms with van der Waals surface area (Å²) in [6, 6.07) is 3.40. The van der Waals surface area contributed by atoms with Gasteiger partial charge in [0.25, 0.3) is 0 Å². The highest BCUT2D eigenvalue weighted by molar-refractivity contribution is 5.92. The number of rotatable bonds is 7. The zero-order valence-electron chi connectivity index (χ0n) is 9.40. The zero-order valence-corrected chi connectivity index (χ0v) is 9.40. The predicted octanol–water partition coefficient (Wildman–Crippen LogP) is 1.17. The standard InChI is InChI=1S/C11H17N3O2/c1-2-5-15-6-7-16-9-3-4-10(11(12)13)14-8-9/h3-4,8H,2,5-7H2,1H3,(H3,12,13). The van der Waals surface area contributed by atoms with Gasteiger partial charge in [-0.3, -0.25) is 5.41 Å². The minimum atomic E-state index is -0.0437. The van der Waals surface area contributed by atoms with Crippen molar-refractivity contribution in [2.75, 3.05) is 19.8 Å². The number of aromatic nitrogens is 1. The Bertz CT molecular complexity index is 325. The summed E-state index contributed by atoms with van der Waals surface area (Å²) in [5.41, 5.74) is 5.73. The van der Waals surface area contributed by atoms with E-state index in [2.05, 4.69) is 11.9 Å². The highest BCUT2D eigenvalue weighted by Gasteiger charge is 1.98. The van der Waals surface area contributed by atoms with E-state index in [1.54, 1.807) is 18.3 Å². The molecule has 3 N–H and O–H groups in total. The molecule has 0 fully saturated rings. The molecule has 0 spiro atoms. The lowest BCUT2D eigenvalue weighted by atomic mass is 10.3. The van der Waals surface area contributed by atoms with E-state index in [-0.39, 0.29) is 5.84 Å². The van der Waals surface area contributed by atoms with Crippen LogP contribution in [-0.4, -0.2) is 30.6 Å². The first-order valence-electron chi connectivity index (χ1n) is 5.25. The summed E-state index contributed by atoms with van der Waals surface area (Å²) in [6.07, 6.45) is 2.56. The van der Waals surface area contributed by atoms with Gasteiger partial charge in [0.2, 0.25) is 0 Å². The van der Waals surface area contributed by atoms with Crippen molar-refractivity contribution in [2.45, 2.75) is 13.3 Å². The summed E-state index contributed by atoms with van der Waals surface area (Å²) in [4.78, 5) is 3.98.